The Balaban J connectivity index is 3.17. The fourth-order valence-corrected chi connectivity index (χ4v) is 5.59. The first-order valence-electron chi connectivity index (χ1n) is 13.2. The lowest BCUT2D eigenvalue weighted by atomic mass is 9.76. The molecule has 0 aromatic rings. The van der Waals surface area contributed by atoms with Crippen molar-refractivity contribution in [2.45, 2.75) is 161 Å². The van der Waals surface area contributed by atoms with Gasteiger partial charge in [-0.2, -0.15) is 0 Å². The van der Waals surface area contributed by atoms with Gasteiger partial charge in [-0.3, -0.25) is 4.79 Å². The number of esters is 1. The van der Waals surface area contributed by atoms with Crippen LogP contribution in [0, 0.1) is 0 Å². The maximum absolute atomic E-state index is 13.1. The van der Waals surface area contributed by atoms with Gasteiger partial charge in [-0.05, 0) is 100 Å². The Morgan fingerprint density at radius 1 is 0.972 bits per heavy atom. The molecular weight excluding hydrogens is 493 g/mol. The van der Waals surface area contributed by atoms with E-state index in [1.807, 2.05) is 69.2 Å². The highest BCUT2D eigenvalue weighted by Crippen LogP contribution is 2.40. The van der Waals surface area contributed by atoms with E-state index in [-0.39, 0.29) is 29.5 Å². The molecule has 0 aromatic carbocycles. The zero-order valence-electron chi connectivity index (χ0n) is 25.7. The first-order chi connectivity index (χ1) is 15.8. The minimum Gasteiger partial charge on any atom is -0.598 e. The first-order valence-corrected chi connectivity index (χ1v) is 17.3. The highest BCUT2D eigenvalue weighted by molar-refractivity contribution is 7.90. The molecule has 10 heteroatoms. The number of carbonyl (C=O) groups is 1. The van der Waals surface area contributed by atoms with Crippen molar-refractivity contribution in [3.63, 3.8) is 0 Å². The van der Waals surface area contributed by atoms with Crippen LogP contribution < -0.4 is 4.72 Å². The van der Waals surface area contributed by atoms with Crippen LogP contribution in [0.25, 0.3) is 0 Å². The van der Waals surface area contributed by atoms with Crippen LogP contribution in [-0.4, -0.2) is 59.6 Å². The molecule has 1 fully saturated rings. The van der Waals surface area contributed by atoms with Crippen molar-refractivity contribution < 1.29 is 27.8 Å². The second-order valence-electron chi connectivity index (χ2n) is 14.6. The topological polar surface area (TPSA) is 89.1 Å². The Morgan fingerprint density at radius 3 is 1.83 bits per heavy atom. The first kappa shape index (κ1) is 33.9. The third kappa shape index (κ3) is 9.89. The molecule has 1 heterocycles. The molecule has 1 rings (SSSR count). The lowest BCUT2D eigenvalue weighted by molar-refractivity contribution is -0.156. The zero-order valence-corrected chi connectivity index (χ0v) is 27.5. The van der Waals surface area contributed by atoms with Crippen molar-refractivity contribution in [3.05, 3.63) is 0 Å². The fraction of sp³-hybridized carbons (Fsp3) is 0.962. The summed E-state index contributed by atoms with van der Waals surface area (Å²) in [5, 5.41) is -0.00368. The van der Waals surface area contributed by atoms with Crippen molar-refractivity contribution in [2.75, 3.05) is 0 Å². The van der Waals surface area contributed by atoms with Gasteiger partial charge < -0.3 is 23.0 Å². The number of ether oxygens (including phenoxy) is 1. The molecule has 1 saturated heterocycles. The van der Waals surface area contributed by atoms with Gasteiger partial charge in [0.1, 0.15) is 10.3 Å². The predicted octanol–water partition coefficient (Wildman–Crippen LogP) is 5.94. The van der Waals surface area contributed by atoms with E-state index < -0.39 is 48.3 Å². The van der Waals surface area contributed by atoms with Crippen LogP contribution in [0.2, 0.25) is 18.1 Å². The van der Waals surface area contributed by atoms with Crippen LogP contribution in [-0.2, 0) is 34.6 Å². The third-order valence-electron chi connectivity index (χ3n) is 7.30. The minimum absolute atomic E-state index is 0.00368. The number of hydrogen-bond acceptors (Lipinski definition) is 7. The number of nitrogens with one attached hydrogen (secondary N) is 1. The van der Waals surface area contributed by atoms with E-state index in [9.17, 15) is 9.35 Å². The second-order valence-corrected chi connectivity index (χ2v) is 21.4. The quantitative estimate of drug-likeness (QED) is 0.206. The summed E-state index contributed by atoms with van der Waals surface area (Å²) in [5.41, 5.74) is -1.57. The Labute approximate surface area is 226 Å². The summed E-state index contributed by atoms with van der Waals surface area (Å²) in [6.45, 7) is 30.4. The zero-order chi connectivity index (χ0) is 28.5. The summed E-state index contributed by atoms with van der Waals surface area (Å²) in [6.07, 6.45) is 0.994. The van der Waals surface area contributed by atoms with Crippen LogP contribution in [0.5, 0.6) is 0 Å². The van der Waals surface area contributed by atoms with Gasteiger partial charge in [0.15, 0.2) is 8.32 Å². The highest BCUT2D eigenvalue weighted by Gasteiger charge is 2.55. The van der Waals surface area contributed by atoms with E-state index in [1.54, 1.807) is 0 Å². The van der Waals surface area contributed by atoms with Crippen LogP contribution in [0.4, 0.5) is 0 Å². The normalized spacial score (nSPS) is 21.3. The maximum Gasteiger partial charge on any atom is 0.480 e. The van der Waals surface area contributed by atoms with Gasteiger partial charge in [-0.25, -0.2) is 0 Å². The lowest BCUT2D eigenvalue weighted by Gasteiger charge is -2.39. The Kier molecular flexibility index (Phi) is 10.9. The average molecular weight is 548 g/mol. The largest absolute Gasteiger partial charge is 0.598 e. The van der Waals surface area contributed by atoms with Crippen LogP contribution in [0.1, 0.15) is 109 Å². The van der Waals surface area contributed by atoms with Crippen LogP contribution in [0.3, 0.4) is 0 Å². The van der Waals surface area contributed by atoms with E-state index in [0.717, 1.165) is 0 Å². The number of hydrogen-bond donors (Lipinski definition) is 1. The Bertz CT molecular complexity index is 726. The van der Waals surface area contributed by atoms with Crippen LogP contribution in [0.15, 0.2) is 0 Å². The second kappa shape index (κ2) is 11.6. The van der Waals surface area contributed by atoms with Gasteiger partial charge in [0, 0.05) is 11.4 Å². The van der Waals surface area contributed by atoms with E-state index in [2.05, 4.69) is 38.6 Å². The summed E-state index contributed by atoms with van der Waals surface area (Å²) in [5.74, 6) is -0.611. The van der Waals surface area contributed by atoms with Gasteiger partial charge in [-0.15, -0.1) is 4.72 Å². The highest BCUT2D eigenvalue weighted by atomic mass is 32.2. The summed E-state index contributed by atoms with van der Waals surface area (Å²) in [6, 6.07) is 0. The molecule has 3 atom stereocenters. The molecule has 0 aliphatic carbocycles. The van der Waals surface area contributed by atoms with Crippen molar-refractivity contribution >= 4 is 32.8 Å². The van der Waals surface area contributed by atoms with E-state index >= 15 is 0 Å². The minimum atomic E-state index is -2.16. The molecule has 1 aliphatic rings. The smallest absolute Gasteiger partial charge is 0.480 e. The third-order valence-corrected chi connectivity index (χ3v) is 13.5. The van der Waals surface area contributed by atoms with Gasteiger partial charge in [-0.1, -0.05) is 20.8 Å². The molecule has 0 saturated carbocycles. The molecule has 212 valence electrons. The molecule has 0 radical (unpaired) electrons. The molecule has 0 bridgehead atoms. The molecule has 1 N–H and O–H groups in total. The summed E-state index contributed by atoms with van der Waals surface area (Å²) >= 11 is -1.32. The average Bonchev–Trinajstić information content (AvgIpc) is 2.81. The fourth-order valence-electron chi connectivity index (χ4n) is 3.35. The Morgan fingerprint density at radius 2 is 1.44 bits per heavy atom. The molecule has 1 aliphatic heterocycles. The van der Waals surface area contributed by atoms with E-state index in [0.29, 0.717) is 12.8 Å². The molecule has 0 amide bonds. The van der Waals surface area contributed by atoms with Crippen molar-refractivity contribution in [1.29, 1.82) is 0 Å². The monoisotopic (exact) mass is 547 g/mol. The predicted molar refractivity (Wildman–Crippen MR) is 153 cm³/mol. The summed E-state index contributed by atoms with van der Waals surface area (Å²) < 4.78 is 40.9. The lowest BCUT2D eigenvalue weighted by Crippen LogP contribution is -2.53. The molecule has 0 spiro atoms. The molecule has 36 heavy (non-hydrogen) atoms. The van der Waals surface area contributed by atoms with Gasteiger partial charge >= 0.3 is 13.1 Å². The number of rotatable bonds is 10. The van der Waals surface area contributed by atoms with E-state index in [1.165, 1.54) is 0 Å². The molecular formula is C26H54BNO6SSi. The Hall–Kier alpha value is -0.0982. The van der Waals surface area contributed by atoms with Crippen molar-refractivity contribution in [2.24, 2.45) is 0 Å². The molecule has 0 aromatic heterocycles. The van der Waals surface area contributed by atoms with Crippen LogP contribution >= 0.6 is 0 Å². The summed E-state index contributed by atoms with van der Waals surface area (Å²) in [4.78, 5) is 12.8. The van der Waals surface area contributed by atoms with Crippen molar-refractivity contribution in [3.8, 4) is 0 Å². The maximum atomic E-state index is 13.1. The SMILES string of the molecule is CC(C)(C)OC(=O)C[C@H](CCC(N[S@+]([O-])C(C)(C)C)B1OC(C)(C)C(C)(C)O1)O[Si](C)(C)C(C)(C)C. The molecule has 1 unspecified atom stereocenters. The van der Waals surface area contributed by atoms with Gasteiger partial charge in [0.05, 0.1) is 29.7 Å². The standard InChI is InChI=1S/C26H54BNO6SSi/c1-22(2,3)31-21(29)18-19(32-36(14,15)24(7,8)9)16-17-20(28-35(30)23(4,5)6)27-33-25(10,11)26(12,13)34-27/h19-20,28H,16-18H2,1-15H3/t19-,20?,35+/m0/s1. The summed E-state index contributed by atoms with van der Waals surface area (Å²) in [7, 11) is -2.73. The van der Waals surface area contributed by atoms with E-state index in [4.69, 9.17) is 18.5 Å². The number of carbonyl (C=O) groups excluding carboxylic acids is 1. The molecule has 7 nitrogen and oxygen atoms in total. The van der Waals surface area contributed by atoms with Gasteiger partial charge in [0.25, 0.3) is 0 Å². The van der Waals surface area contributed by atoms with Crippen molar-refractivity contribution in [1.82, 2.24) is 4.72 Å². The van der Waals surface area contributed by atoms with Gasteiger partial charge in [0.2, 0.25) is 0 Å².